The van der Waals surface area contributed by atoms with Crippen LogP contribution in [0.2, 0.25) is 0 Å². The zero-order chi connectivity index (χ0) is 16.8. The molecule has 2 saturated heterocycles. The maximum absolute atomic E-state index is 12.7. The summed E-state index contributed by atoms with van der Waals surface area (Å²) in [7, 11) is 0. The highest BCUT2D eigenvalue weighted by Crippen LogP contribution is 2.24. The van der Waals surface area contributed by atoms with Crippen molar-refractivity contribution >= 4 is 23.6 Å². The number of nitrogens with zero attached hydrogens (tertiary/aromatic N) is 1. The Balaban J connectivity index is 1.58. The number of carbonyl (C=O) groups excluding carboxylic acids is 2. The average molecular weight is 348 g/mol. The summed E-state index contributed by atoms with van der Waals surface area (Å²) in [6.45, 7) is 1.91. The van der Waals surface area contributed by atoms with Gasteiger partial charge in [0.2, 0.25) is 11.8 Å². The number of hydrogen-bond acceptors (Lipinski definition) is 4. The zero-order valence-electron chi connectivity index (χ0n) is 13.8. The quantitative estimate of drug-likeness (QED) is 0.884. The first kappa shape index (κ1) is 17.3. The second kappa shape index (κ2) is 8.53. The molecule has 6 heteroatoms. The van der Waals surface area contributed by atoms with Crippen molar-refractivity contribution in [3.05, 3.63) is 35.9 Å². The van der Waals surface area contributed by atoms with Crippen LogP contribution in [0.25, 0.3) is 0 Å². The smallest absolute Gasteiger partial charge is 0.247 e. The summed E-state index contributed by atoms with van der Waals surface area (Å²) in [6.07, 6.45) is 3.70. The predicted octanol–water partition coefficient (Wildman–Crippen LogP) is 1.99. The van der Waals surface area contributed by atoms with Crippen molar-refractivity contribution in [2.75, 3.05) is 31.2 Å². The number of hydrogen-bond donors (Lipinski definition) is 1. The highest BCUT2D eigenvalue weighted by atomic mass is 32.2. The number of amides is 2. The van der Waals surface area contributed by atoms with Crippen LogP contribution < -0.4 is 5.32 Å². The lowest BCUT2D eigenvalue weighted by Gasteiger charge is -2.35. The maximum Gasteiger partial charge on any atom is 0.247 e. The molecule has 1 aromatic rings. The van der Waals surface area contributed by atoms with E-state index in [1.807, 2.05) is 30.3 Å². The lowest BCUT2D eigenvalue weighted by molar-refractivity contribution is -0.141. The summed E-state index contributed by atoms with van der Waals surface area (Å²) in [5.74, 6) is 1.18. The number of piperazine rings is 1. The van der Waals surface area contributed by atoms with Gasteiger partial charge in [-0.15, -0.1) is 11.8 Å². The Kier molecular flexibility index (Phi) is 6.15. The molecule has 5 nitrogen and oxygen atoms in total. The minimum atomic E-state index is -0.515. The molecule has 1 aromatic carbocycles. The van der Waals surface area contributed by atoms with Crippen molar-refractivity contribution in [1.82, 2.24) is 10.2 Å². The van der Waals surface area contributed by atoms with Crippen LogP contribution in [0.5, 0.6) is 0 Å². The zero-order valence-corrected chi connectivity index (χ0v) is 14.6. The Hall–Kier alpha value is -1.53. The molecule has 0 aliphatic carbocycles. The van der Waals surface area contributed by atoms with Crippen molar-refractivity contribution in [3.8, 4) is 0 Å². The van der Waals surface area contributed by atoms with E-state index in [4.69, 9.17) is 4.74 Å². The molecule has 0 saturated carbocycles. The highest BCUT2D eigenvalue weighted by Gasteiger charge is 2.34. The van der Waals surface area contributed by atoms with Gasteiger partial charge >= 0.3 is 0 Å². The van der Waals surface area contributed by atoms with Gasteiger partial charge in [-0.05, 0) is 24.8 Å². The number of thioether (sulfide) groups is 1. The third kappa shape index (κ3) is 4.30. The molecule has 3 rings (SSSR count). The van der Waals surface area contributed by atoms with E-state index in [1.54, 1.807) is 16.7 Å². The van der Waals surface area contributed by atoms with E-state index in [1.165, 1.54) is 6.42 Å². The molecule has 2 atom stereocenters. The van der Waals surface area contributed by atoms with E-state index in [2.05, 4.69) is 5.32 Å². The van der Waals surface area contributed by atoms with Gasteiger partial charge in [0.1, 0.15) is 6.04 Å². The van der Waals surface area contributed by atoms with E-state index in [9.17, 15) is 9.59 Å². The molecule has 0 radical (unpaired) electrons. The number of ether oxygens (including phenoxy) is 1. The van der Waals surface area contributed by atoms with Gasteiger partial charge in [-0.2, -0.15) is 0 Å². The fraction of sp³-hybridized carbons (Fsp3) is 0.556. The monoisotopic (exact) mass is 348 g/mol. The Morgan fingerprint density at radius 2 is 2.12 bits per heavy atom. The van der Waals surface area contributed by atoms with Crippen molar-refractivity contribution in [3.63, 3.8) is 0 Å². The van der Waals surface area contributed by atoms with E-state index in [-0.39, 0.29) is 17.9 Å². The van der Waals surface area contributed by atoms with Crippen LogP contribution in [0, 0.1) is 0 Å². The average Bonchev–Trinajstić information content (AvgIpc) is 2.63. The third-order valence-corrected chi connectivity index (χ3v) is 5.51. The molecule has 24 heavy (non-hydrogen) atoms. The van der Waals surface area contributed by atoms with Gasteiger partial charge in [-0.1, -0.05) is 30.3 Å². The predicted molar refractivity (Wildman–Crippen MR) is 94.8 cm³/mol. The SMILES string of the molecule is O=C1NCCN(C(=O)CSC[C@@H]2CCCCO2)[C@H]1c1ccccc1. The summed E-state index contributed by atoms with van der Waals surface area (Å²) in [4.78, 5) is 26.7. The molecule has 0 spiro atoms. The molecule has 2 aliphatic heterocycles. The lowest BCUT2D eigenvalue weighted by Crippen LogP contribution is -2.52. The van der Waals surface area contributed by atoms with Crippen molar-refractivity contribution < 1.29 is 14.3 Å². The minimum absolute atomic E-state index is 0.0273. The molecule has 0 unspecified atom stereocenters. The molecule has 2 heterocycles. The van der Waals surface area contributed by atoms with Crippen LogP contribution >= 0.6 is 11.8 Å². The van der Waals surface area contributed by atoms with Gasteiger partial charge in [-0.3, -0.25) is 9.59 Å². The molecule has 0 aromatic heterocycles. The van der Waals surface area contributed by atoms with Gasteiger partial charge in [0.05, 0.1) is 11.9 Å². The molecule has 2 aliphatic rings. The Bertz CT molecular complexity index is 561. The van der Waals surface area contributed by atoms with E-state index in [0.717, 1.165) is 30.8 Å². The van der Waals surface area contributed by atoms with Gasteiger partial charge < -0.3 is 15.0 Å². The summed E-state index contributed by atoms with van der Waals surface area (Å²) >= 11 is 1.61. The van der Waals surface area contributed by atoms with Crippen LogP contribution in [0.4, 0.5) is 0 Å². The van der Waals surface area contributed by atoms with Crippen LogP contribution in [-0.2, 0) is 14.3 Å². The van der Waals surface area contributed by atoms with Crippen LogP contribution in [0.3, 0.4) is 0 Å². The van der Waals surface area contributed by atoms with Gasteiger partial charge in [0.15, 0.2) is 0 Å². The fourth-order valence-corrected chi connectivity index (χ4v) is 4.19. The molecule has 1 N–H and O–H groups in total. The number of benzene rings is 1. The molecular weight excluding hydrogens is 324 g/mol. The first-order chi connectivity index (χ1) is 11.8. The van der Waals surface area contributed by atoms with Crippen molar-refractivity contribution in [2.24, 2.45) is 0 Å². The van der Waals surface area contributed by atoms with E-state index >= 15 is 0 Å². The molecule has 2 fully saturated rings. The number of carbonyl (C=O) groups is 2. The highest BCUT2D eigenvalue weighted by molar-refractivity contribution is 7.99. The third-order valence-electron chi connectivity index (χ3n) is 4.45. The number of nitrogens with one attached hydrogen (secondary N) is 1. The van der Waals surface area contributed by atoms with Gasteiger partial charge in [0, 0.05) is 25.4 Å². The van der Waals surface area contributed by atoms with Crippen molar-refractivity contribution in [1.29, 1.82) is 0 Å². The normalized spacial score (nSPS) is 24.5. The standard InChI is InChI=1S/C18H24N2O3S/c21-16(13-24-12-15-8-4-5-11-23-15)20-10-9-19-18(22)17(20)14-6-2-1-3-7-14/h1-3,6-7,15,17H,4-5,8-13H2,(H,19,22)/t15-,17-/m0/s1. The van der Waals surface area contributed by atoms with E-state index in [0.29, 0.717) is 18.8 Å². The Morgan fingerprint density at radius 3 is 2.88 bits per heavy atom. The summed E-state index contributed by atoms with van der Waals surface area (Å²) in [5.41, 5.74) is 0.865. The van der Waals surface area contributed by atoms with E-state index < -0.39 is 6.04 Å². The lowest BCUT2D eigenvalue weighted by atomic mass is 10.0. The van der Waals surface area contributed by atoms with Crippen molar-refractivity contribution in [2.45, 2.75) is 31.4 Å². The number of rotatable bonds is 5. The Labute approximate surface area is 147 Å². The fourth-order valence-electron chi connectivity index (χ4n) is 3.20. The minimum Gasteiger partial charge on any atom is -0.377 e. The maximum atomic E-state index is 12.7. The summed E-state index contributed by atoms with van der Waals surface area (Å²) < 4.78 is 5.70. The first-order valence-electron chi connectivity index (χ1n) is 8.57. The second-order valence-electron chi connectivity index (χ2n) is 6.20. The molecule has 0 bridgehead atoms. The molecule has 130 valence electrons. The molecular formula is C18H24N2O3S. The first-order valence-corrected chi connectivity index (χ1v) is 9.72. The Morgan fingerprint density at radius 1 is 1.29 bits per heavy atom. The second-order valence-corrected chi connectivity index (χ2v) is 7.23. The largest absolute Gasteiger partial charge is 0.377 e. The topological polar surface area (TPSA) is 58.6 Å². The molecule has 2 amide bonds. The summed E-state index contributed by atoms with van der Waals surface area (Å²) in [6, 6.07) is 9.00. The van der Waals surface area contributed by atoms with Crippen LogP contribution in [0.1, 0.15) is 30.9 Å². The van der Waals surface area contributed by atoms with Gasteiger partial charge in [0.25, 0.3) is 0 Å². The van der Waals surface area contributed by atoms with Crippen LogP contribution in [-0.4, -0.2) is 54.0 Å². The van der Waals surface area contributed by atoms with Gasteiger partial charge in [-0.25, -0.2) is 0 Å². The van der Waals surface area contributed by atoms with Crippen LogP contribution in [0.15, 0.2) is 30.3 Å². The summed E-state index contributed by atoms with van der Waals surface area (Å²) in [5, 5.41) is 2.86.